The molecule has 6 aromatic heterocycles. The lowest BCUT2D eigenvalue weighted by Crippen LogP contribution is -2.32. The van der Waals surface area contributed by atoms with E-state index in [1.807, 2.05) is 12.3 Å². The third kappa shape index (κ3) is 1.96. The van der Waals surface area contributed by atoms with Crippen molar-refractivity contribution in [1.82, 2.24) is 13.8 Å². The van der Waals surface area contributed by atoms with Crippen molar-refractivity contribution in [3.05, 3.63) is 67.1 Å². The maximum Gasteiger partial charge on any atom is 0.370 e. The van der Waals surface area contributed by atoms with Crippen molar-refractivity contribution < 1.29 is 8.80 Å². The predicted molar refractivity (Wildman–Crippen MR) is 119 cm³/mol. The molecule has 30 heavy (non-hydrogen) atoms. The first-order valence-corrected chi connectivity index (χ1v) is 10.0. The molecule has 0 atom stereocenters. The van der Waals surface area contributed by atoms with Gasteiger partial charge in [-0.2, -0.15) is 8.80 Å². The molecule has 0 saturated heterocycles. The van der Waals surface area contributed by atoms with Gasteiger partial charge in [-0.1, -0.05) is 12.1 Å². The van der Waals surface area contributed by atoms with Crippen LogP contribution in [0.25, 0.3) is 33.2 Å². The van der Waals surface area contributed by atoms with Crippen molar-refractivity contribution in [1.29, 1.82) is 0 Å². The Bertz CT molecular complexity index is 1480. The van der Waals surface area contributed by atoms with Crippen LogP contribution < -0.4 is 18.6 Å². The third-order valence-corrected chi connectivity index (χ3v) is 5.73. The molecule has 0 aliphatic heterocycles. The second-order valence-corrected chi connectivity index (χ2v) is 8.01. The zero-order chi connectivity index (χ0) is 20.6. The van der Waals surface area contributed by atoms with E-state index in [1.165, 1.54) is 0 Å². The van der Waals surface area contributed by atoms with Crippen molar-refractivity contribution in [2.24, 2.45) is 0 Å². The van der Waals surface area contributed by atoms with Crippen LogP contribution in [-0.4, -0.2) is 42.0 Å². The van der Waals surface area contributed by atoms with Crippen molar-refractivity contribution >= 4 is 45.1 Å². The van der Waals surface area contributed by atoms with Gasteiger partial charge >= 0.3 is 11.9 Å². The van der Waals surface area contributed by atoms with E-state index in [2.05, 4.69) is 110 Å². The number of aromatic nitrogens is 5. The van der Waals surface area contributed by atoms with Crippen molar-refractivity contribution in [2.75, 3.05) is 38.0 Å². The monoisotopic (exact) mass is 397 g/mol. The highest BCUT2D eigenvalue weighted by Gasteiger charge is 2.32. The van der Waals surface area contributed by atoms with Gasteiger partial charge in [0.1, 0.15) is 11.0 Å². The molecule has 6 aromatic rings. The van der Waals surface area contributed by atoms with Crippen molar-refractivity contribution in [2.45, 2.75) is 0 Å². The van der Waals surface area contributed by atoms with Gasteiger partial charge in [0.15, 0.2) is 16.6 Å². The number of fused-ring (bicyclic) bond motifs is 10. The van der Waals surface area contributed by atoms with Gasteiger partial charge < -0.3 is 0 Å². The summed E-state index contributed by atoms with van der Waals surface area (Å²) in [6.45, 7) is 0. The highest BCUT2D eigenvalue weighted by molar-refractivity contribution is 6.00. The fourth-order valence-electron chi connectivity index (χ4n) is 4.72. The molecule has 0 amide bonds. The zero-order valence-corrected chi connectivity index (χ0v) is 17.5. The maximum absolute atomic E-state index is 4.84. The molecule has 7 nitrogen and oxygen atoms in total. The molecular weight excluding hydrogens is 374 g/mol. The van der Waals surface area contributed by atoms with Crippen LogP contribution in [0.2, 0.25) is 0 Å². The lowest BCUT2D eigenvalue weighted by molar-refractivity contribution is -0.497. The van der Waals surface area contributed by atoms with E-state index < -0.39 is 0 Å². The van der Waals surface area contributed by atoms with Crippen LogP contribution in [-0.2, 0) is 0 Å². The summed E-state index contributed by atoms with van der Waals surface area (Å²) in [5.41, 5.74) is 6.60. The zero-order valence-electron chi connectivity index (χ0n) is 17.5. The van der Waals surface area contributed by atoms with Gasteiger partial charge in [0, 0.05) is 14.1 Å². The Kier molecular flexibility index (Phi) is 3.30. The first-order valence-electron chi connectivity index (χ1n) is 10.0. The number of rotatable bonds is 2. The summed E-state index contributed by atoms with van der Waals surface area (Å²) in [6, 6.07) is 16.9. The lowest BCUT2D eigenvalue weighted by Gasteiger charge is -2.08. The summed E-state index contributed by atoms with van der Waals surface area (Å²) < 4.78 is 9.11. The molecule has 6 heterocycles. The highest BCUT2D eigenvalue weighted by Crippen LogP contribution is 2.30. The standard InChI is InChI=1S/C23H23N7/c1-25(2)22-27-14-7-5-10-16(27)19-20-17-11-6-8-15-28(17)23(26(3)4)30(20)21-18(29(19)22)12-9-13-24-21/h5-15H,1-4H3/q+2. The summed E-state index contributed by atoms with van der Waals surface area (Å²) in [7, 11) is 8.33. The van der Waals surface area contributed by atoms with Gasteiger partial charge in [-0.05, 0) is 36.4 Å². The molecule has 0 radical (unpaired) electrons. The van der Waals surface area contributed by atoms with Crippen LogP contribution in [0.1, 0.15) is 0 Å². The van der Waals surface area contributed by atoms with Crippen LogP contribution in [0, 0.1) is 0 Å². The van der Waals surface area contributed by atoms with Gasteiger partial charge in [0.25, 0.3) is 5.65 Å². The lowest BCUT2D eigenvalue weighted by atomic mass is 10.2. The molecule has 6 rings (SSSR count). The van der Waals surface area contributed by atoms with E-state index in [4.69, 9.17) is 4.98 Å². The van der Waals surface area contributed by atoms with E-state index >= 15 is 0 Å². The van der Waals surface area contributed by atoms with Crippen molar-refractivity contribution in [3.63, 3.8) is 0 Å². The molecule has 0 spiro atoms. The summed E-state index contributed by atoms with van der Waals surface area (Å²) in [4.78, 5) is 9.15. The minimum atomic E-state index is 0.927. The van der Waals surface area contributed by atoms with E-state index in [9.17, 15) is 0 Å². The van der Waals surface area contributed by atoms with Gasteiger partial charge in [-0.3, -0.25) is 9.80 Å². The molecule has 148 valence electrons. The molecule has 0 unspecified atom stereocenters. The second-order valence-electron chi connectivity index (χ2n) is 8.01. The average Bonchev–Trinajstić information content (AvgIpc) is 3.27. The summed E-state index contributed by atoms with van der Waals surface area (Å²) in [5, 5.41) is 0. The fraction of sp³-hybridized carbons (Fsp3) is 0.174. The molecule has 0 aliphatic rings. The number of pyridine rings is 3. The topological polar surface area (TPSA) is 36.4 Å². The Balaban J connectivity index is 2.10. The fourth-order valence-corrected chi connectivity index (χ4v) is 4.72. The third-order valence-electron chi connectivity index (χ3n) is 5.73. The molecule has 0 N–H and O–H groups in total. The van der Waals surface area contributed by atoms with E-state index in [1.54, 1.807) is 0 Å². The average molecular weight is 397 g/mol. The molecule has 0 aromatic carbocycles. The normalized spacial score (nSPS) is 12.0. The van der Waals surface area contributed by atoms with Gasteiger partial charge in [0.2, 0.25) is 0 Å². The van der Waals surface area contributed by atoms with E-state index in [0.717, 1.165) is 45.1 Å². The number of hydrogen-bond donors (Lipinski definition) is 0. The largest absolute Gasteiger partial charge is 0.370 e. The minimum Gasteiger partial charge on any atom is -0.288 e. The smallest absolute Gasteiger partial charge is 0.288 e. The molecule has 0 fully saturated rings. The molecular formula is C23H23N7+2. The van der Waals surface area contributed by atoms with Gasteiger partial charge in [0.05, 0.1) is 32.7 Å². The van der Waals surface area contributed by atoms with E-state index in [-0.39, 0.29) is 0 Å². The quantitative estimate of drug-likeness (QED) is 0.421. The Labute approximate surface area is 173 Å². The number of nitrogens with zero attached hydrogens (tertiary/aromatic N) is 7. The Morgan fingerprint density at radius 3 is 2.40 bits per heavy atom. The Morgan fingerprint density at radius 2 is 1.60 bits per heavy atom. The first kappa shape index (κ1) is 17.0. The van der Waals surface area contributed by atoms with Gasteiger partial charge in [-0.25, -0.2) is 8.80 Å². The molecule has 7 heteroatoms. The number of hydrogen-bond acceptors (Lipinski definition) is 3. The van der Waals surface area contributed by atoms with Crippen LogP contribution in [0.15, 0.2) is 67.1 Å². The number of imidazole rings is 2. The van der Waals surface area contributed by atoms with Crippen LogP contribution in [0.5, 0.6) is 0 Å². The highest BCUT2D eigenvalue weighted by atomic mass is 15.3. The van der Waals surface area contributed by atoms with Crippen LogP contribution in [0.4, 0.5) is 11.9 Å². The SMILES string of the molecule is CN(C)c1n2c3cccnc3[n+]3c(N(C)C)n4ccccc4c3c2c2cccc[n+]12. The summed E-state index contributed by atoms with van der Waals surface area (Å²) in [5.74, 6) is 2.15. The Morgan fingerprint density at radius 1 is 0.833 bits per heavy atom. The van der Waals surface area contributed by atoms with Crippen molar-refractivity contribution in [3.8, 4) is 0 Å². The first-order chi connectivity index (χ1) is 14.6. The summed E-state index contributed by atoms with van der Waals surface area (Å²) >= 11 is 0. The van der Waals surface area contributed by atoms with Crippen LogP contribution >= 0.6 is 0 Å². The molecule has 0 aliphatic carbocycles. The van der Waals surface area contributed by atoms with Gasteiger partial charge in [-0.15, -0.1) is 4.98 Å². The predicted octanol–water partition coefficient (Wildman–Crippen LogP) is 2.35. The maximum atomic E-state index is 4.84. The molecule has 0 saturated carbocycles. The number of anilines is 2. The summed E-state index contributed by atoms with van der Waals surface area (Å²) in [6.07, 6.45) is 6.11. The van der Waals surface area contributed by atoms with E-state index in [0.29, 0.717) is 0 Å². The molecule has 0 bridgehead atoms. The second kappa shape index (κ2) is 5.82. The Hall–Kier alpha value is -3.87. The van der Waals surface area contributed by atoms with Crippen LogP contribution in [0.3, 0.4) is 0 Å². The minimum absolute atomic E-state index is 0.927.